The molecule has 12 heterocycles. The summed E-state index contributed by atoms with van der Waals surface area (Å²) < 4.78 is 27.7. The number of fused-ring (bicyclic) bond motifs is 4. The fourth-order valence-electron chi connectivity index (χ4n) is 14.8. The molecule has 24 heteroatoms. The van der Waals surface area contributed by atoms with Crippen molar-refractivity contribution in [2.45, 2.75) is 90.5 Å². The van der Waals surface area contributed by atoms with Crippen molar-refractivity contribution >= 4 is 95.1 Å². The van der Waals surface area contributed by atoms with Crippen molar-refractivity contribution in [1.82, 2.24) is 58.2 Å². The lowest BCUT2D eigenvalue weighted by atomic mass is 10.0. The highest BCUT2D eigenvalue weighted by molar-refractivity contribution is 9.10. The van der Waals surface area contributed by atoms with Crippen molar-refractivity contribution < 1.29 is 38.1 Å². The minimum atomic E-state index is -0.0992. The molecule has 8 aromatic heterocycles. The molecule has 13 aromatic rings. The number of hydrogen-bond acceptors (Lipinski definition) is 14. The normalized spacial score (nSPS) is 14.0. The Morgan fingerprint density at radius 1 is 0.456 bits per heavy atom. The number of amides is 4. The van der Waals surface area contributed by atoms with Gasteiger partial charge in [-0.05, 0) is 216 Å². The number of aryl methyl sites for hydroxylation is 1. The second-order valence-corrected chi connectivity index (χ2v) is 29.1. The van der Waals surface area contributed by atoms with Gasteiger partial charge in [0.25, 0.3) is 17.7 Å². The Hall–Kier alpha value is -12.8. The second kappa shape index (κ2) is 37.9. The van der Waals surface area contributed by atoms with Gasteiger partial charge in [0, 0.05) is 152 Å². The molecular weight excluding hydrogens is 1500 g/mol. The molecule has 114 heavy (non-hydrogen) atoms. The van der Waals surface area contributed by atoms with E-state index in [1.807, 2.05) is 192 Å². The van der Waals surface area contributed by atoms with Crippen LogP contribution in [0.3, 0.4) is 0 Å². The van der Waals surface area contributed by atoms with Crippen molar-refractivity contribution in [3.05, 3.63) is 256 Å². The third-order valence-corrected chi connectivity index (χ3v) is 21.6. The van der Waals surface area contributed by atoms with E-state index >= 15 is 0 Å². The highest BCUT2D eigenvalue weighted by atomic mass is 79.9. The molecule has 17 rings (SSSR count). The third kappa shape index (κ3) is 18.2. The standard InChI is InChI=1S/C27H28N4O2.C21H20N4O2.C21H23N3O2.C14H14N4O.C7H7BrO/c1-33-22-12-10-21(11-13-22)31-17-14-23-25(28-18-20-8-4-2-5-9-20)24(19-29-26(23)31)27(32)30-15-6-3-7-16-30;1-27-16-7-5-15(6-8-16)25-12-9-17-18(13-22)19(14-23-20(17)25)21(26)24-10-3-2-4-11-24;1-15-18-10-13-24(16-6-8-17(26-2)9-7-16)20(18)22-14-19(15)21(25)23-11-4-3-5-12-23;1-15-12-10-5-6-16-13(10)17-9-11(12)14(19)18-7-3-2-4-8-18;1-9-7-4-2-6(8)3-5-7/h2,4-5,8-14,17,19H,3,6-7,15-16,18H2,1H3,(H,28,29);5-9,12,14H,2-4,10-11H2,1H3;6-10,13-14H,3-5,11-12H2,1-2H3;5-6,9H,2-4,7-8H2,(H,16,17);2-5H,1H3. The lowest BCUT2D eigenvalue weighted by molar-refractivity contribution is 0.0716. The minimum absolute atomic E-state index is 0.0526. The molecule has 0 saturated carbocycles. The zero-order valence-electron chi connectivity index (χ0n) is 64.9. The van der Waals surface area contributed by atoms with Crippen LogP contribution in [0.2, 0.25) is 0 Å². The van der Waals surface area contributed by atoms with Crippen LogP contribution in [0.1, 0.15) is 135 Å². The Morgan fingerprint density at radius 3 is 1.28 bits per heavy atom. The number of piperidine rings is 4. The van der Waals surface area contributed by atoms with Crippen molar-refractivity contribution in [3.8, 4) is 46.1 Å². The molecular formula is C90H92BrN15O8. The molecule has 4 amide bonds. The molecule has 4 aliphatic rings. The van der Waals surface area contributed by atoms with E-state index in [4.69, 9.17) is 30.5 Å². The fraction of sp³-hybridized carbons (Fsp3) is 0.289. The van der Waals surface area contributed by atoms with E-state index in [1.54, 1.807) is 53.1 Å². The number of H-pyrrole nitrogens is 1. The van der Waals surface area contributed by atoms with Crippen LogP contribution < -0.4 is 24.3 Å². The molecule has 5 aromatic carbocycles. The molecule has 0 bridgehead atoms. The van der Waals surface area contributed by atoms with Gasteiger partial charge in [-0.3, -0.25) is 19.2 Å². The van der Waals surface area contributed by atoms with Gasteiger partial charge in [0.05, 0.1) is 68.5 Å². The van der Waals surface area contributed by atoms with Crippen molar-refractivity contribution in [3.63, 3.8) is 0 Å². The smallest absolute Gasteiger partial charge is 0.257 e. The number of rotatable bonds is 14. The molecule has 0 aliphatic carbocycles. The van der Waals surface area contributed by atoms with Crippen molar-refractivity contribution in [2.75, 3.05) is 86.1 Å². The van der Waals surface area contributed by atoms with Gasteiger partial charge in [-0.1, -0.05) is 46.3 Å². The average Bonchev–Trinajstić information content (AvgIpc) is 1.61. The zero-order chi connectivity index (χ0) is 79.5. The van der Waals surface area contributed by atoms with Gasteiger partial charge in [0.15, 0.2) is 0 Å². The van der Waals surface area contributed by atoms with Gasteiger partial charge in [-0.2, -0.15) is 5.26 Å². The summed E-state index contributed by atoms with van der Waals surface area (Å²) in [5, 5.41) is 16.7. The molecule has 4 aliphatic heterocycles. The van der Waals surface area contributed by atoms with Crippen LogP contribution in [0, 0.1) is 24.8 Å². The predicted molar refractivity (Wildman–Crippen MR) is 448 cm³/mol. The summed E-state index contributed by atoms with van der Waals surface area (Å²) in [4.78, 5) is 83.8. The number of ether oxygens (including phenoxy) is 4. The van der Waals surface area contributed by atoms with E-state index in [2.05, 4.69) is 64.2 Å². The van der Waals surface area contributed by atoms with Gasteiger partial charge in [0.1, 0.15) is 51.7 Å². The third-order valence-electron chi connectivity index (χ3n) is 21.1. The Morgan fingerprint density at radius 2 is 0.833 bits per heavy atom. The maximum atomic E-state index is 13.4. The fourth-order valence-corrected chi connectivity index (χ4v) is 15.1. The van der Waals surface area contributed by atoms with Gasteiger partial charge in [-0.25, -0.2) is 24.8 Å². The summed E-state index contributed by atoms with van der Waals surface area (Å²) in [7, 11) is 6.60. The summed E-state index contributed by atoms with van der Waals surface area (Å²) in [6.45, 7) is 16.3. The Kier molecular flexibility index (Phi) is 26.4. The van der Waals surface area contributed by atoms with Crippen LogP contribution in [0.5, 0.6) is 23.0 Å². The average molecular weight is 1590 g/mol. The number of aromatic amines is 1. The molecule has 0 spiro atoms. The first-order chi connectivity index (χ1) is 55.8. The number of halogens is 1. The topological polar surface area (TPSA) is 240 Å². The van der Waals surface area contributed by atoms with Gasteiger partial charge < -0.3 is 62.5 Å². The zero-order valence-corrected chi connectivity index (χ0v) is 66.4. The van der Waals surface area contributed by atoms with Crippen LogP contribution in [-0.2, 0) is 6.54 Å². The number of likely N-dealkylation sites (tertiary alicyclic amines) is 4. The van der Waals surface area contributed by atoms with Crippen LogP contribution in [-0.4, -0.2) is 163 Å². The van der Waals surface area contributed by atoms with E-state index in [9.17, 15) is 24.4 Å². The van der Waals surface area contributed by atoms with Gasteiger partial charge in [0.2, 0.25) is 11.6 Å². The van der Waals surface area contributed by atoms with Crippen LogP contribution >= 0.6 is 15.9 Å². The quantitative estimate of drug-likeness (QED) is 0.0963. The summed E-state index contributed by atoms with van der Waals surface area (Å²) in [6.07, 6.45) is 27.3. The molecule has 4 fully saturated rings. The van der Waals surface area contributed by atoms with Crippen LogP contribution in [0.4, 0.5) is 11.4 Å². The highest BCUT2D eigenvalue weighted by Gasteiger charge is 2.28. The first-order valence-electron chi connectivity index (χ1n) is 38.7. The van der Waals surface area contributed by atoms with E-state index in [1.165, 1.54) is 31.7 Å². The second-order valence-electron chi connectivity index (χ2n) is 28.1. The number of nitrogens with one attached hydrogen (secondary N) is 2. The summed E-state index contributed by atoms with van der Waals surface area (Å²) in [5.74, 6) is 3.28. The largest absolute Gasteiger partial charge is 0.497 e. The molecule has 23 nitrogen and oxygen atoms in total. The molecule has 2 N–H and O–H groups in total. The number of methoxy groups -OCH3 is 4. The molecule has 4 saturated heterocycles. The molecule has 0 radical (unpaired) electrons. The van der Waals surface area contributed by atoms with Crippen molar-refractivity contribution in [1.29, 1.82) is 5.26 Å². The molecule has 0 atom stereocenters. The number of benzene rings is 5. The first-order valence-corrected chi connectivity index (χ1v) is 39.5. The minimum Gasteiger partial charge on any atom is -0.497 e. The summed E-state index contributed by atoms with van der Waals surface area (Å²) >= 11 is 3.32. The predicted octanol–water partition coefficient (Wildman–Crippen LogP) is 18.0. The summed E-state index contributed by atoms with van der Waals surface area (Å²) in [5.41, 5.74) is 11.9. The van der Waals surface area contributed by atoms with Crippen LogP contribution in [0.15, 0.2) is 206 Å². The lowest BCUT2D eigenvalue weighted by Crippen LogP contribution is -2.36. The lowest BCUT2D eigenvalue weighted by Gasteiger charge is -2.27. The van der Waals surface area contributed by atoms with E-state index in [0.29, 0.717) is 56.7 Å². The Bertz CT molecular complexity index is 5570. The molecule has 0 unspecified atom stereocenters. The number of nitrogens with zero attached hydrogens (tertiary/aromatic N) is 13. The number of aromatic nitrogens is 8. The van der Waals surface area contributed by atoms with E-state index in [-0.39, 0.29) is 23.6 Å². The first kappa shape index (κ1) is 79.3. The maximum Gasteiger partial charge on any atom is 0.257 e. The maximum absolute atomic E-state index is 13.4. The van der Waals surface area contributed by atoms with Gasteiger partial charge >= 0.3 is 0 Å². The monoisotopic (exact) mass is 1590 g/mol. The number of nitriles is 1. The molecule has 582 valence electrons. The van der Waals surface area contributed by atoms with E-state index < -0.39 is 0 Å². The van der Waals surface area contributed by atoms with Crippen molar-refractivity contribution in [2.24, 2.45) is 0 Å². The number of pyridine rings is 4. The summed E-state index contributed by atoms with van der Waals surface area (Å²) in [6, 6.07) is 51.2. The number of hydrogen-bond donors (Lipinski definition) is 2. The van der Waals surface area contributed by atoms with Gasteiger partial charge in [-0.15, -0.1) is 0 Å². The number of anilines is 1. The highest BCUT2D eigenvalue weighted by Crippen LogP contribution is 2.35. The Balaban J connectivity index is 0.000000129. The Labute approximate surface area is 671 Å². The number of carbonyl (C=O) groups is 4. The SMILES string of the molecule is COc1ccc(-n2ccc3c(C#N)c(C(=O)N4CCCCC4)cnc32)cc1.COc1ccc(-n2ccc3c(C)c(C(=O)N4CCCCC4)cnc32)cc1.COc1ccc(-n2ccc3c(NCc4ccccc4)c(C(=O)N4CCCCC4)cnc32)cc1.COc1ccc(Br)cc1.[C-]#[N+]c1c(C(=O)N2CCCCC2)cnc2[nH]ccc12. The van der Waals surface area contributed by atoms with E-state index in [0.717, 1.165) is 199 Å². The number of carbonyl (C=O) groups excluding carboxylic acids is 4. The van der Waals surface area contributed by atoms with Crippen LogP contribution in [0.25, 0.3) is 66.0 Å².